The number of aliphatic hydroxyl groups excluding tert-OH is 1. The Labute approximate surface area is 102 Å². The fourth-order valence-corrected chi connectivity index (χ4v) is 0.988. The molecule has 0 atom stereocenters. The van der Waals surface area contributed by atoms with Crippen molar-refractivity contribution in [1.82, 2.24) is 10.6 Å². The van der Waals surface area contributed by atoms with Crippen LogP contribution in [0, 0.1) is 0 Å². The lowest BCUT2D eigenvalue weighted by atomic mass is 10.2. The monoisotopic (exact) mass is 246 g/mol. The lowest BCUT2D eigenvalue weighted by molar-refractivity contribution is -0.120. The molecule has 0 heterocycles. The molecule has 0 aliphatic carbocycles. The molecular weight excluding hydrogens is 224 g/mol. The average molecular weight is 246 g/mol. The van der Waals surface area contributed by atoms with Gasteiger partial charge in [0.15, 0.2) is 0 Å². The minimum Gasteiger partial charge on any atom is -0.444 e. The van der Waals surface area contributed by atoms with Crippen LogP contribution < -0.4 is 10.6 Å². The molecule has 0 rings (SSSR count). The van der Waals surface area contributed by atoms with E-state index < -0.39 is 11.7 Å². The molecule has 17 heavy (non-hydrogen) atoms. The topological polar surface area (TPSA) is 87.7 Å². The Morgan fingerprint density at radius 2 is 1.82 bits per heavy atom. The molecular formula is C11H22N2O4. The summed E-state index contributed by atoms with van der Waals surface area (Å²) in [6.07, 6.45) is 0.205. The fraction of sp³-hybridized carbons (Fsp3) is 0.818. The van der Waals surface area contributed by atoms with Crippen molar-refractivity contribution >= 4 is 12.0 Å². The predicted molar refractivity (Wildman–Crippen MR) is 63.6 cm³/mol. The molecule has 0 fully saturated rings. The van der Waals surface area contributed by atoms with Crippen molar-refractivity contribution in [3.05, 3.63) is 0 Å². The van der Waals surface area contributed by atoms with Crippen LogP contribution in [0.3, 0.4) is 0 Å². The summed E-state index contributed by atoms with van der Waals surface area (Å²) in [6, 6.07) is 0. The van der Waals surface area contributed by atoms with Crippen LogP contribution in [-0.2, 0) is 9.53 Å². The van der Waals surface area contributed by atoms with E-state index in [1.807, 2.05) is 0 Å². The summed E-state index contributed by atoms with van der Waals surface area (Å²) < 4.78 is 5.00. The largest absolute Gasteiger partial charge is 0.444 e. The zero-order valence-corrected chi connectivity index (χ0v) is 10.7. The lowest BCUT2D eigenvalue weighted by Crippen LogP contribution is -2.35. The van der Waals surface area contributed by atoms with E-state index in [1.165, 1.54) is 0 Å². The smallest absolute Gasteiger partial charge is 0.407 e. The van der Waals surface area contributed by atoms with Gasteiger partial charge < -0.3 is 20.5 Å². The second-order valence-electron chi connectivity index (χ2n) is 4.61. The van der Waals surface area contributed by atoms with Gasteiger partial charge in [-0.25, -0.2) is 4.79 Å². The third-order valence-corrected chi connectivity index (χ3v) is 1.68. The van der Waals surface area contributed by atoms with E-state index in [0.717, 1.165) is 0 Å². The van der Waals surface area contributed by atoms with E-state index in [4.69, 9.17) is 9.84 Å². The van der Waals surface area contributed by atoms with Crippen molar-refractivity contribution in [3.8, 4) is 0 Å². The van der Waals surface area contributed by atoms with Gasteiger partial charge in [-0.3, -0.25) is 4.79 Å². The summed E-state index contributed by atoms with van der Waals surface area (Å²) >= 11 is 0. The number of nitrogens with one attached hydrogen (secondary N) is 2. The first-order chi connectivity index (χ1) is 7.85. The molecule has 3 N–H and O–H groups in total. The fourth-order valence-electron chi connectivity index (χ4n) is 0.988. The molecule has 100 valence electrons. The van der Waals surface area contributed by atoms with Crippen LogP contribution in [0.25, 0.3) is 0 Å². The van der Waals surface area contributed by atoms with Crippen LogP contribution in [0.4, 0.5) is 4.79 Å². The number of aliphatic hydroxyl groups is 1. The minimum atomic E-state index is -0.534. The van der Waals surface area contributed by atoms with Gasteiger partial charge >= 0.3 is 6.09 Å². The zero-order chi connectivity index (χ0) is 13.3. The third-order valence-electron chi connectivity index (χ3n) is 1.68. The summed E-state index contributed by atoms with van der Waals surface area (Å²) in [4.78, 5) is 22.4. The van der Waals surface area contributed by atoms with E-state index in [1.54, 1.807) is 20.8 Å². The zero-order valence-electron chi connectivity index (χ0n) is 10.7. The van der Waals surface area contributed by atoms with Crippen molar-refractivity contribution in [2.24, 2.45) is 0 Å². The highest BCUT2D eigenvalue weighted by atomic mass is 16.6. The predicted octanol–water partition coefficient (Wildman–Crippen LogP) is 0.400. The standard InChI is InChI=1S/C11H22N2O4/c1-11(2,3)17-10(16)13-7-5-9(15)12-6-4-8-14/h14H,4-8H2,1-3H3,(H,12,15)(H,13,16). The number of alkyl carbamates (subject to hydrolysis) is 1. The summed E-state index contributed by atoms with van der Waals surface area (Å²) in [5.74, 6) is -0.158. The Morgan fingerprint density at radius 3 is 2.35 bits per heavy atom. The highest BCUT2D eigenvalue weighted by Gasteiger charge is 2.15. The van der Waals surface area contributed by atoms with Crippen LogP contribution in [-0.4, -0.2) is 42.4 Å². The molecule has 0 radical (unpaired) electrons. The molecule has 6 nitrogen and oxygen atoms in total. The Morgan fingerprint density at radius 1 is 1.18 bits per heavy atom. The normalized spacial score (nSPS) is 10.8. The highest BCUT2D eigenvalue weighted by Crippen LogP contribution is 2.06. The summed E-state index contributed by atoms with van der Waals surface area (Å²) in [5, 5.41) is 13.6. The van der Waals surface area contributed by atoms with Gasteiger partial charge in [-0.1, -0.05) is 0 Å². The maximum absolute atomic E-state index is 11.2. The van der Waals surface area contributed by atoms with Gasteiger partial charge in [0.1, 0.15) is 5.60 Å². The van der Waals surface area contributed by atoms with E-state index >= 15 is 0 Å². The molecule has 0 aromatic rings. The molecule has 0 aliphatic heterocycles. The van der Waals surface area contributed by atoms with Crippen molar-refractivity contribution in [1.29, 1.82) is 0 Å². The molecule has 0 bridgehead atoms. The number of carbonyl (C=O) groups excluding carboxylic acids is 2. The van der Waals surface area contributed by atoms with Gasteiger partial charge in [0, 0.05) is 26.1 Å². The maximum Gasteiger partial charge on any atom is 0.407 e. The van der Waals surface area contributed by atoms with Crippen LogP contribution in [0.2, 0.25) is 0 Å². The quantitative estimate of drug-likeness (QED) is 0.592. The molecule has 0 saturated heterocycles. The van der Waals surface area contributed by atoms with E-state index in [9.17, 15) is 9.59 Å². The molecule has 0 aliphatic rings. The summed E-state index contributed by atoms with van der Waals surface area (Å²) in [6.45, 7) is 6.05. The summed E-state index contributed by atoms with van der Waals surface area (Å²) in [7, 11) is 0. The van der Waals surface area contributed by atoms with E-state index in [-0.39, 0.29) is 25.5 Å². The van der Waals surface area contributed by atoms with E-state index in [0.29, 0.717) is 13.0 Å². The Balaban J connectivity index is 3.56. The minimum absolute atomic E-state index is 0.0520. The maximum atomic E-state index is 11.2. The number of ether oxygens (including phenoxy) is 1. The molecule has 0 aromatic heterocycles. The van der Waals surface area contributed by atoms with Gasteiger partial charge in [-0.2, -0.15) is 0 Å². The first kappa shape index (κ1) is 15.7. The SMILES string of the molecule is CC(C)(C)OC(=O)NCCC(=O)NCCCO. The Bertz CT molecular complexity index is 248. The first-order valence-corrected chi connectivity index (χ1v) is 5.69. The van der Waals surface area contributed by atoms with Crippen molar-refractivity contribution in [2.45, 2.75) is 39.2 Å². The molecule has 0 unspecified atom stereocenters. The third kappa shape index (κ3) is 11.0. The van der Waals surface area contributed by atoms with Gasteiger partial charge in [0.05, 0.1) is 0 Å². The van der Waals surface area contributed by atoms with Crippen LogP contribution in [0.5, 0.6) is 0 Å². The highest BCUT2D eigenvalue weighted by molar-refractivity contribution is 5.76. The number of hydrogen-bond acceptors (Lipinski definition) is 4. The number of rotatable bonds is 6. The molecule has 2 amide bonds. The summed E-state index contributed by atoms with van der Waals surface area (Å²) in [5.41, 5.74) is -0.534. The Hall–Kier alpha value is -1.30. The van der Waals surface area contributed by atoms with Gasteiger partial charge in [0.25, 0.3) is 0 Å². The van der Waals surface area contributed by atoms with Crippen molar-refractivity contribution in [2.75, 3.05) is 19.7 Å². The molecule has 6 heteroatoms. The second-order valence-corrected chi connectivity index (χ2v) is 4.61. The van der Waals surface area contributed by atoms with Gasteiger partial charge in [0.2, 0.25) is 5.91 Å². The average Bonchev–Trinajstić information content (AvgIpc) is 2.15. The Kier molecular flexibility index (Phi) is 7.29. The second kappa shape index (κ2) is 7.89. The first-order valence-electron chi connectivity index (χ1n) is 5.69. The number of hydrogen-bond donors (Lipinski definition) is 3. The van der Waals surface area contributed by atoms with Crippen LogP contribution in [0.1, 0.15) is 33.6 Å². The molecule has 0 aromatic carbocycles. The number of amides is 2. The molecule has 0 spiro atoms. The van der Waals surface area contributed by atoms with Crippen LogP contribution in [0.15, 0.2) is 0 Å². The van der Waals surface area contributed by atoms with Gasteiger partial charge in [-0.15, -0.1) is 0 Å². The van der Waals surface area contributed by atoms with Crippen molar-refractivity contribution in [3.63, 3.8) is 0 Å². The number of carbonyl (C=O) groups is 2. The van der Waals surface area contributed by atoms with E-state index in [2.05, 4.69) is 10.6 Å². The van der Waals surface area contributed by atoms with Crippen molar-refractivity contribution < 1.29 is 19.4 Å². The van der Waals surface area contributed by atoms with Gasteiger partial charge in [-0.05, 0) is 27.2 Å². The molecule has 0 saturated carbocycles. The lowest BCUT2D eigenvalue weighted by Gasteiger charge is -2.19. The van der Waals surface area contributed by atoms with Crippen LogP contribution >= 0.6 is 0 Å².